The number of benzene rings is 1. The van der Waals surface area contributed by atoms with E-state index in [0.717, 1.165) is 60.5 Å². The van der Waals surface area contributed by atoms with E-state index >= 15 is 0 Å². The van der Waals surface area contributed by atoms with Crippen LogP contribution in [-0.2, 0) is 21.4 Å². The molecular weight excluding hydrogens is 614 g/mol. The molecule has 0 radical (unpaired) electrons. The van der Waals surface area contributed by atoms with Gasteiger partial charge >= 0.3 is 12.1 Å². The summed E-state index contributed by atoms with van der Waals surface area (Å²) >= 11 is 2.91. The van der Waals surface area contributed by atoms with Crippen LogP contribution in [0, 0.1) is 5.92 Å². The van der Waals surface area contributed by atoms with Crippen LogP contribution in [0.2, 0.25) is 0 Å². The Bertz CT molecular complexity index is 1580. The number of hydrogen-bond acceptors (Lipinski definition) is 8. The minimum absolute atomic E-state index is 0.283. The molecule has 0 atom stereocenters. The quantitative estimate of drug-likeness (QED) is 0.210. The molecule has 0 aliphatic carbocycles. The Morgan fingerprint density at radius 3 is 2.52 bits per heavy atom. The summed E-state index contributed by atoms with van der Waals surface area (Å²) in [7, 11) is -3.63. The van der Waals surface area contributed by atoms with Gasteiger partial charge in [0.2, 0.25) is 0 Å². The lowest BCUT2D eigenvalue weighted by atomic mass is 9.94. The predicted molar refractivity (Wildman–Crippen MR) is 157 cm³/mol. The first-order chi connectivity index (χ1) is 19.9. The first-order valence-electron chi connectivity index (χ1n) is 13.2. The minimum Gasteiger partial charge on any atom is -0.475 e. The van der Waals surface area contributed by atoms with Crippen LogP contribution in [0.1, 0.15) is 31.1 Å². The van der Waals surface area contributed by atoms with Crippen LogP contribution in [0.5, 0.6) is 0 Å². The second-order valence-electron chi connectivity index (χ2n) is 9.69. The van der Waals surface area contributed by atoms with Crippen molar-refractivity contribution in [1.29, 1.82) is 0 Å². The van der Waals surface area contributed by atoms with Crippen LogP contribution < -0.4 is 4.31 Å². The Balaban J connectivity index is 0.000000517. The number of halogens is 3. The molecule has 1 aromatic carbocycles. The zero-order valence-corrected chi connectivity index (χ0v) is 25.1. The fourth-order valence-electron chi connectivity index (χ4n) is 4.79. The van der Waals surface area contributed by atoms with Crippen LogP contribution in [0.3, 0.4) is 0 Å². The number of piperidine rings is 1. The maximum atomic E-state index is 13.3. The summed E-state index contributed by atoms with van der Waals surface area (Å²) in [5.74, 6) is -2.12. The van der Waals surface area contributed by atoms with Gasteiger partial charge in [0.1, 0.15) is 9.22 Å². The third kappa shape index (κ3) is 7.50. The number of aliphatic carboxylic acids is 1. The molecular formula is C27H31F3N4O5S3. The maximum Gasteiger partial charge on any atom is 0.490 e. The number of rotatable bonds is 9. The molecule has 1 saturated heterocycles. The Morgan fingerprint density at radius 2 is 1.93 bits per heavy atom. The summed E-state index contributed by atoms with van der Waals surface area (Å²) in [5.41, 5.74) is 2.34. The average molecular weight is 645 g/mol. The van der Waals surface area contributed by atoms with E-state index in [4.69, 9.17) is 9.90 Å². The molecule has 15 heteroatoms. The van der Waals surface area contributed by atoms with Gasteiger partial charge in [-0.1, -0.05) is 18.2 Å². The van der Waals surface area contributed by atoms with Crippen LogP contribution in [0.4, 0.5) is 18.9 Å². The van der Waals surface area contributed by atoms with Gasteiger partial charge in [0.05, 0.1) is 16.9 Å². The predicted octanol–water partition coefficient (Wildman–Crippen LogP) is 5.80. The molecule has 1 fully saturated rings. The molecule has 0 saturated carbocycles. The number of carboxylic acid groups (broad SMARTS) is 1. The highest BCUT2D eigenvalue weighted by Crippen LogP contribution is 2.35. The number of likely N-dealkylation sites (tertiary alicyclic amines) is 1. The first kappa shape index (κ1) is 31.9. The van der Waals surface area contributed by atoms with Crippen LogP contribution in [0.25, 0.3) is 21.6 Å². The number of thiophene rings is 1. The number of aromatic amines is 1. The van der Waals surface area contributed by atoms with Crippen molar-refractivity contribution in [3.05, 3.63) is 52.9 Å². The molecule has 4 aromatic rings. The van der Waals surface area contributed by atoms with E-state index in [1.54, 1.807) is 28.8 Å². The molecule has 0 amide bonds. The first-order valence-corrected chi connectivity index (χ1v) is 16.3. The number of fused-ring (bicyclic) bond motifs is 1. The number of sulfonamides is 1. The molecule has 228 valence electrons. The van der Waals surface area contributed by atoms with E-state index < -0.39 is 22.2 Å². The lowest BCUT2D eigenvalue weighted by molar-refractivity contribution is -0.192. The molecule has 9 nitrogen and oxygen atoms in total. The largest absolute Gasteiger partial charge is 0.490 e. The van der Waals surface area contributed by atoms with Gasteiger partial charge in [-0.2, -0.15) is 13.2 Å². The molecule has 3 aromatic heterocycles. The van der Waals surface area contributed by atoms with Gasteiger partial charge in [-0.25, -0.2) is 18.2 Å². The summed E-state index contributed by atoms with van der Waals surface area (Å²) in [5, 5.41) is 19.9. The highest BCUT2D eigenvalue weighted by Gasteiger charge is 2.38. The molecule has 4 heterocycles. The Hall–Kier alpha value is -2.98. The van der Waals surface area contributed by atoms with E-state index in [-0.39, 0.29) is 6.61 Å². The molecule has 3 N–H and O–H groups in total. The zero-order chi connectivity index (χ0) is 30.5. The fraction of sp³-hybridized carbons (Fsp3) is 0.407. The van der Waals surface area contributed by atoms with Crippen LogP contribution in [0.15, 0.2) is 52.2 Å². The number of alkyl halides is 3. The smallest absolute Gasteiger partial charge is 0.475 e. The molecule has 1 aliphatic rings. The van der Waals surface area contributed by atoms with Crippen molar-refractivity contribution in [1.82, 2.24) is 14.9 Å². The molecule has 0 spiro atoms. The maximum absolute atomic E-state index is 13.3. The SMILES string of the molecule is CCN(c1cccc2cc(-c3ncc(CN4CCC(CCO)CC4)s3)[nH]c12)S(=O)(=O)c1cccs1.O=C(O)C(F)(F)F. The number of hydrogen-bond donors (Lipinski definition) is 3. The monoisotopic (exact) mass is 644 g/mol. The standard InChI is InChI=1S/C25H30N4O3S3.C2HF3O2/c1-2-29(35(31,32)23-7-4-14-33-23)22-6-3-5-19-15-21(27-24(19)22)25-26-16-20(34-25)17-28-11-8-18(9-12-28)10-13-30;3-2(4,5)1(6)7/h3-7,14-16,18,27,30H,2,8-13,17H2,1H3;(H,6,7). The summed E-state index contributed by atoms with van der Waals surface area (Å²) < 4.78 is 60.1. The van der Waals surface area contributed by atoms with Gasteiger partial charge in [0, 0.05) is 36.2 Å². The van der Waals surface area contributed by atoms with Crippen molar-refractivity contribution in [3.8, 4) is 10.7 Å². The van der Waals surface area contributed by atoms with E-state index in [1.165, 1.54) is 20.5 Å². The van der Waals surface area contributed by atoms with Crippen molar-refractivity contribution in [2.45, 2.75) is 43.1 Å². The molecule has 42 heavy (non-hydrogen) atoms. The van der Waals surface area contributed by atoms with Gasteiger partial charge in [-0.3, -0.25) is 9.21 Å². The van der Waals surface area contributed by atoms with Gasteiger partial charge in [0.25, 0.3) is 10.0 Å². The lowest BCUT2D eigenvalue weighted by Crippen LogP contribution is -2.33. The van der Waals surface area contributed by atoms with Crippen molar-refractivity contribution in [2.75, 3.05) is 30.5 Å². The zero-order valence-electron chi connectivity index (χ0n) is 22.7. The second-order valence-corrected chi connectivity index (χ2v) is 13.8. The number of nitrogens with zero attached hydrogens (tertiary/aromatic N) is 3. The number of carboxylic acids is 1. The van der Waals surface area contributed by atoms with Gasteiger partial charge in [-0.05, 0) is 68.8 Å². The van der Waals surface area contributed by atoms with Gasteiger partial charge < -0.3 is 15.2 Å². The van der Waals surface area contributed by atoms with Gasteiger partial charge in [-0.15, -0.1) is 22.7 Å². The lowest BCUT2D eigenvalue weighted by Gasteiger charge is -2.31. The van der Waals surface area contributed by atoms with Crippen molar-refractivity contribution in [2.24, 2.45) is 5.92 Å². The summed E-state index contributed by atoms with van der Waals surface area (Å²) in [6.07, 6.45) is 0.0511. The molecule has 0 bridgehead atoms. The fourth-order valence-corrected chi connectivity index (χ4v) is 8.31. The molecule has 5 rings (SSSR count). The summed E-state index contributed by atoms with van der Waals surface area (Å²) in [6, 6.07) is 11.2. The number of anilines is 1. The number of thiazole rings is 1. The number of aromatic nitrogens is 2. The number of aliphatic hydroxyl groups excluding tert-OH is 1. The van der Waals surface area contributed by atoms with Crippen molar-refractivity contribution < 1.29 is 36.6 Å². The van der Waals surface area contributed by atoms with Crippen LogP contribution >= 0.6 is 22.7 Å². The third-order valence-corrected chi connectivity index (χ3v) is 11.2. The third-order valence-electron chi connectivity index (χ3n) is 6.88. The van der Waals surface area contributed by atoms with E-state index in [2.05, 4.69) is 14.9 Å². The molecule has 0 unspecified atom stereocenters. The Kier molecular flexibility index (Phi) is 10.3. The van der Waals surface area contributed by atoms with Crippen molar-refractivity contribution in [3.63, 3.8) is 0 Å². The number of aliphatic hydroxyl groups is 1. The molecule has 1 aliphatic heterocycles. The minimum atomic E-state index is -5.08. The van der Waals surface area contributed by atoms with Crippen LogP contribution in [-0.4, -0.2) is 71.9 Å². The number of H-pyrrole nitrogens is 1. The van der Waals surface area contributed by atoms with E-state index in [0.29, 0.717) is 22.4 Å². The van der Waals surface area contributed by atoms with E-state index in [1.807, 2.05) is 37.4 Å². The number of carbonyl (C=O) groups is 1. The number of nitrogens with one attached hydrogen (secondary N) is 1. The average Bonchev–Trinajstić information content (AvgIpc) is 3.71. The highest BCUT2D eigenvalue weighted by molar-refractivity contribution is 7.94. The number of para-hydroxylation sites is 1. The Morgan fingerprint density at radius 1 is 1.21 bits per heavy atom. The second kappa shape index (κ2) is 13.5. The Labute approximate surface area is 249 Å². The summed E-state index contributed by atoms with van der Waals surface area (Å²) in [6.45, 7) is 5.47. The van der Waals surface area contributed by atoms with Gasteiger partial charge in [0.15, 0.2) is 0 Å². The summed E-state index contributed by atoms with van der Waals surface area (Å²) in [4.78, 5) is 20.7. The highest BCUT2D eigenvalue weighted by atomic mass is 32.2. The van der Waals surface area contributed by atoms with E-state index in [9.17, 15) is 26.7 Å². The van der Waals surface area contributed by atoms with Crippen molar-refractivity contribution >= 4 is 55.3 Å². The normalized spacial score (nSPS) is 15.0. The topological polar surface area (TPSA) is 127 Å².